The zero-order valence-electron chi connectivity index (χ0n) is 27.2. The van der Waals surface area contributed by atoms with Gasteiger partial charge in [0.05, 0.1) is 0 Å². The summed E-state index contributed by atoms with van der Waals surface area (Å²) in [4.78, 5) is 24.2. The normalized spacial score (nSPS) is 12.1. The van der Waals surface area contributed by atoms with Crippen LogP contribution in [0, 0.1) is 0 Å². The van der Waals surface area contributed by atoms with Gasteiger partial charge in [0.1, 0.15) is 0 Å². The molecular weight excluding hydrogens is 492 g/mol. The van der Waals surface area contributed by atoms with Crippen LogP contribution in [0.4, 0.5) is 0 Å². The summed E-state index contributed by atoms with van der Waals surface area (Å²) in [5.74, 6) is -0.928. The summed E-state index contributed by atoms with van der Waals surface area (Å²) >= 11 is 0. The Morgan fingerprint density at radius 2 is 0.500 bits per heavy atom. The summed E-state index contributed by atoms with van der Waals surface area (Å²) in [7, 11) is 0. The van der Waals surface area contributed by atoms with Crippen LogP contribution in [0.3, 0.4) is 0 Å². The number of hydrogen-bond donors (Lipinski definition) is 2. The third kappa shape index (κ3) is 25.6. The Morgan fingerprint density at radius 1 is 0.325 bits per heavy atom. The molecule has 0 unspecified atom stereocenters. The number of primary amides is 2. The van der Waals surface area contributed by atoms with Crippen molar-refractivity contribution in [3.8, 4) is 0 Å². The molecule has 0 spiro atoms. The number of nitrogens with two attached hydrogens (primary N) is 2. The smallest absolute Gasteiger partial charge is 0.245 e. The molecule has 0 rings (SSSR count). The molecule has 0 atom stereocenters. The van der Waals surface area contributed by atoms with E-state index in [-0.39, 0.29) is 0 Å². The van der Waals surface area contributed by atoms with E-state index in [2.05, 4.69) is 13.8 Å². The molecule has 0 saturated carbocycles. The van der Waals surface area contributed by atoms with Crippen LogP contribution in [0.25, 0.3) is 0 Å². The molecule has 0 bridgehead atoms. The lowest BCUT2D eigenvalue weighted by Gasteiger charge is -2.11. The quantitative estimate of drug-likeness (QED) is 0.0631. The molecule has 0 aromatic carbocycles. The van der Waals surface area contributed by atoms with Crippen molar-refractivity contribution in [2.75, 3.05) is 0 Å². The van der Waals surface area contributed by atoms with Gasteiger partial charge in [-0.15, -0.1) is 0 Å². The highest BCUT2D eigenvalue weighted by molar-refractivity contribution is 6.03. The molecule has 0 fully saturated rings. The van der Waals surface area contributed by atoms with Gasteiger partial charge >= 0.3 is 0 Å². The lowest BCUT2D eigenvalue weighted by atomic mass is 9.95. The van der Waals surface area contributed by atoms with Crippen molar-refractivity contribution in [1.29, 1.82) is 0 Å². The van der Waals surface area contributed by atoms with Crippen molar-refractivity contribution < 1.29 is 9.59 Å². The van der Waals surface area contributed by atoms with E-state index in [1.807, 2.05) is 0 Å². The van der Waals surface area contributed by atoms with Crippen molar-refractivity contribution in [2.24, 2.45) is 11.5 Å². The second kappa shape index (κ2) is 30.6. The first-order chi connectivity index (χ1) is 19.5. The van der Waals surface area contributed by atoms with E-state index in [1.165, 1.54) is 154 Å². The fraction of sp³-hybridized carbons (Fsp3) is 0.889. The highest BCUT2D eigenvalue weighted by atomic mass is 16.2. The van der Waals surface area contributed by atoms with Gasteiger partial charge in [-0.1, -0.05) is 181 Å². The molecule has 0 saturated heterocycles. The Kier molecular flexibility index (Phi) is 29.6. The minimum absolute atomic E-state index is 0.464. The van der Waals surface area contributed by atoms with Gasteiger partial charge in [-0.25, -0.2) is 0 Å². The first-order valence-electron chi connectivity index (χ1n) is 17.9. The molecule has 236 valence electrons. The number of rotatable bonds is 32. The predicted molar refractivity (Wildman–Crippen MR) is 175 cm³/mol. The van der Waals surface area contributed by atoms with Gasteiger partial charge in [-0.2, -0.15) is 0 Å². The molecule has 40 heavy (non-hydrogen) atoms. The Bertz CT molecular complexity index is 562. The van der Waals surface area contributed by atoms with Crippen LogP contribution in [0.1, 0.15) is 206 Å². The second-order valence-corrected chi connectivity index (χ2v) is 12.4. The lowest BCUT2D eigenvalue weighted by molar-refractivity contribution is -0.117. The van der Waals surface area contributed by atoms with Crippen LogP contribution < -0.4 is 11.5 Å². The molecule has 4 N–H and O–H groups in total. The first-order valence-corrected chi connectivity index (χ1v) is 17.9. The molecule has 4 heteroatoms. The Labute approximate surface area is 250 Å². The fourth-order valence-corrected chi connectivity index (χ4v) is 5.84. The number of carbonyl (C=O) groups is 2. The highest BCUT2D eigenvalue weighted by Gasteiger charge is 2.16. The monoisotopic (exact) mass is 563 g/mol. The van der Waals surface area contributed by atoms with Crippen molar-refractivity contribution >= 4 is 11.8 Å². The molecule has 0 aliphatic heterocycles. The van der Waals surface area contributed by atoms with Crippen molar-refractivity contribution in [2.45, 2.75) is 206 Å². The van der Waals surface area contributed by atoms with Crippen LogP contribution in [0.15, 0.2) is 11.1 Å². The standard InChI is InChI=1S/C36H70N2O2/c1-3-5-7-9-11-13-15-17-19-21-23-25-27-29-31-33(35(37)39)34(36(38)40)32-30-28-26-24-22-20-18-16-14-12-10-8-6-4-2/h3-32H2,1-2H3,(H2,37,39)(H2,38,40). The third-order valence-corrected chi connectivity index (χ3v) is 8.52. The molecule has 0 aromatic rings. The van der Waals surface area contributed by atoms with Gasteiger partial charge in [0, 0.05) is 11.1 Å². The molecule has 0 radical (unpaired) electrons. The molecule has 0 aliphatic rings. The first kappa shape index (κ1) is 38.7. The predicted octanol–water partition coefficient (Wildman–Crippen LogP) is 11.0. The summed E-state index contributed by atoms with van der Waals surface area (Å²) in [6, 6.07) is 0. The second-order valence-electron chi connectivity index (χ2n) is 12.4. The average Bonchev–Trinajstić information content (AvgIpc) is 2.93. The van der Waals surface area contributed by atoms with Gasteiger partial charge in [0.2, 0.25) is 11.8 Å². The van der Waals surface area contributed by atoms with Crippen LogP contribution in [0.5, 0.6) is 0 Å². The van der Waals surface area contributed by atoms with Crippen molar-refractivity contribution in [1.82, 2.24) is 0 Å². The summed E-state index contributed by atoms with van der Waals surface area (Å²) in [6.45, 7) is 4.54. The van der Waals surface area contributed by atoms with Crippen LogP contribution in [-0.4, -0.2) is 11.8 Å². The van der Waals surface area contributed by atoms with E-state index in [9.17, 15) is 9.59 Å². The molecule has 0 aromatic heterocycles. The summed E-state index contributed by atoms with van der Waals surface area (Å²) < 4.78 is 0. The Hall–Kier alpha value is -1.32. The minimum atomic E-state index is -0.464. The Balaban J connectivity index is 3.91. The zero-order chi connectivity index (χ0) is 29.5. The van der Waals surface area contributed by atoms with Crippen molar-refractivity contribution in [3.05, 3.63) is 11.1 Å². The topological polar surface area (TPSA) is 86.2 Å². The minimum Gasteiger partial charge on any atom is -0.366 e. The van der Waals surface area contributed by atoms with Gasteiger partial charge in [0.25, 0.3) is 0 Å². The van der Waals surface area contributed by atoms with Gasteiger partial charge in [-0.3, -0.25) is 9.59 Å². The van der Waals surface area contributed by atoms with E-state index in [0.29, 0.717) is 24.0 Å². The van der Waals surface area contributed by atoms with Gasteiger partial charge < -0.3 is 11.5 Å². The molecule has 4 nitrogen and oxygen atoms in total. The van der Waals surface area contributed by atoms with E-state index in [1.54, 1.807) is 0 Å². The molecule has 0 aliphatic carbocycles. The van der Waals surface area contributed by atoms with E-state index in [4.69, 9.17) is 11.5 Å². The van der Waals surface area contributed by atoms with E-state index >= 15 is 0 Å². The van der Waals surface area contributed by atoms with Crippen molar-refractivity contribution in [3.63, 3.8) is 0 Å². The van der Waals surface area contributed by atoms with Crippen LogP contribution >= 0.6 is 0 Å². The summed E-state index contributed by atoms with van der Waals surface area (Å²) in [6.07, 6.45) is 37.5. The maximum atomic E-state index is 12.1. The van der Waals surface area contributed by atoms with E-state index < -0.39 is 11.8 Å². The zero-order valence-corrected chi connectivity index (χ0v) is 27.2. The number of hydrogen-bond acceptors (Lipinski definition) is 2. The third-order valence-electron chi connectivity index (χ3n) is 8.52. The van der Waals surface area contributed by atoms with Crippen LogP contribution in [0.2, 0.25) is 0 Å². The van der Waals surface area contributed by atoms with E-state index in [0.717, 1.165) is 25.7 Å². The SMILES string of the molecule is CCCCCCCCCCCCCCCCC(C(N)=O)=C(CCCCCCCCCCCCCCCC)C(N)=O. The molecular formula is C36H70N2O2. The molecule has 2 amide bonds. The maximum absolute atomic E-state index is 12.1. The lowest BCUT2D eigenvalue weighted by Crippen LogP contribution is -2.23. The average molecular weight is 563 g/mol. The Morgan fingerprint density at radius 3 is 0.675 bits per heavy atom. The van der Waals surface area contributed by atoms with Gasteiger partial charge in [0.15, 0.2) is 0 Å². The summed E-state index contributed by atoms with van der Waals surface area (Å²) in [5.41, 5.74) is 12.3. The fourth-order valence-electron chi connectivity index (χ4n) is 5.84. The highest BCUT2D eigenvalue weighted by Crippen LogP contribution is 2.21. The number of unbranched alkanes of at least 4 members (excludes halogenated alkanes) is 26. The number of carbonyl (C=O) groups excluding carboxylic acids is 2. The number of amides is 2. The maximum Gasteiger partial charge on any atom is 0.245 e. The summed E-state index contributed by atoms with van der Waals surface area (Å²) in [5, 5.41) is 0. The molecule has 0 heterocycles. The van der Waals surface area contributed by atoms with Gasteiger partial charge in [-0.05, 0) is 25.7 Å². The van der Waals surface area contributed by atoms with Crippen LogP contribution in [-0.2, 0) is 9.59 Å². The largest absolute Gasteiger partial charge is 0.366 e.